The van der Waals surface area contributed by atoms with Crippen LogP contribution in [-0.2, 0) is 6.54 Å². The first-order valence-electron chi connectivity index (χ1n) is 6.25. The van der Waals surface area contributed by atoms with Crippen LogP contribution in [0.3, 0.4) is 0 Å². The predicted octanol–water partition coefficient (Wildman–Crippen LogP) is 3.76. The maximum Gasteiger partial charge on any atom is 0.178 e. The Balaban J connectivity index is 2.19. The molecule has 0 saturated carbocycles. The van der Waals surface area contributed by atoms with Gasteiger partial charge in [-0.25, -0.2) is 0 Å². The van der Waals surface area contributed by atoms with Crippen molar-refractivity contribution in [3.8, 4) is 0 Å². The second-order valence-corrected chi connectivity index (χ2v) is 5.14. The average molecular weight is 269 g/mol. The smallest absolute Gasteiger partial charge is 0.178 e. The molecule has 19 heavy (non-hydrogen) atoms. The van der Waals surface area contributed by atoms with Crippen molar-refractivity contribution in [2.75, 3.05) is 0 Å². The molecule has 0 radical (unpaired) electrons. The van der Waals surface area contributed by atoms with Crippen LogP contribution in [0.25, 0.3) is 11.0 Å². The number of fused-ring (bicyclic) bond motifs is 1. The number of para-hydroxylation sites is 1. The highest BCUT2D eigenvalue weighted by molar-refractivity contribution is 7.71. The van der Waals surface area contributed by atoms with Crippen LogP contribution in [0.4, 0.5) is 0 Å². The van der Waals surface area contributed by atoms with Crippen molar-refractivity contribution in [3.63, 3.8) is 0 Å². The van der Waals surface area contributed by atoms with Crippen LogP contribution in [0.1, 0.15) is 16.8 Å². The molecule has 0 atom stereocenters. The number of hydrogen-bond acceptors (Lipinski definition) is 2. The predicted molar refractivity (Wildman–Crippen MR) is 79.9 cm³/mol. The Morgan fingerprint density at radius 2 is 1.95 bits per heavy atom. The third-order valence-electron chi connectivity index (χ3n) is 3.42. The Hall–Kier alpha value is -1.94. The SMILES string of the molecule is Cc1cccnc1Cn1c(=S)[nH]c2cccc(C)c21. The Kier molecular flexibility index (Phi) is 2.95. The van der Waals surface area contributed by atoms with Gasteiger partial charge in [0, 0.05) is 6.20 Å². The van der Waals surface area contributed by atoms with Gasteiger partial charge >= 0.3 is 0 Å². The van der Waals surface area contributed by atoms with E-state index in [9.17, 15) is 0 Å². The van der Waals surface area contributed by atoms with Crippen molar-refractivity contribution in [2.24, 2.45) is 0 Å². The minimum Gasteiger partial charge on any atom is -0.331 e. The van der Waals surface area contributed by atoms with Gasteiger partial charge in [-0.2, -0.15) is 0 Å². The normalized spacial score (nSPS) is 11.1. The first kappa shape index (κ1) is 12.1. The molecule has 0 aliphatic heterocycles. The summed E-state index contributed by atoms with van der Waals surface area (Å²) in [6.45, 7) is 4.89. The number of H-pyrrole nitrogens is 1. The van der Waals surface area contributed by atoms with Gasteiger partial charge in [-0.05, 0) is 49.3 Å². The summed E-state index contributed by atoms with van der Waals surface area (Å²) in [6.07, 6.45) is 1.83. The lowest BCUT2D eigenvalue weighted by Gasteiger charge is -2.08. The van der Waals surface area contributed by atoms with Gasteiger partial charge in [0.15, 0.2) is 4.77 Å². The van der Waals surface area contributed by atoms with Gasteiger partial charge in [0.2, 0.25) is 0 Å². The number of nitrogens with one attached hydrogen (secondary N) is 1. The fraction of sp³-hybridized carbons (Fsp3) is 0.200. The number of aromatic amines is 1. The molecule has 1 N–H and O–H groups in total. The van der Waals surface area contributed by atoms with Crippen LogP contribution in [0, 0.1) is 18.6 Å². The van der Waals surface area contributed by atoms with Gasteiger partial charge in [0.05, 0.1) is 23.3 Å². The molecule has 0 amide bonds. The van der Waals surface area contributed by atoms with Crippen molar-refractivity contribution in [3.05, 3.63) is 58.1 Å². The molecular formula is C15H15N3S. The molecule has 0 bridgehead atoms. The molecule has 0 saturated heterocycles. The fourth-order valence-electron chi connectivity index (χ4n) is 2.39. The van der Waals surface area contributed by atoms with E-state index in [1.54, 1.807) is 0 Å². The first-order valence-corrected chi connectivity index (χ1v) is 6.66. The summed E-state index contributed by atoms with van der Waals surface area (Å²) in [4.78, 5) is 7.71. The van der Waals surface area contributed by atoms with E-state index in [2.05, 4.69) is 46.6 Å². The highest BCUT2D eigenvalue weighted by atomic mass is 32.1. The molecule has 4 heteroatoms. The molecule has 2 heterocycles. The van der Waals surface area contributed by atoms with E-state index in [-0.39, 0.29) is 0 Å². The average Bonchev–Trinajstić information content (AvgIpc) is 2.70. The number of nitrogens with zero attached hydrogens (tertiary/aromatic N) is 2. The van der Waals surface area contributed by atoms with E-state index in [0.717, 1.165) is 21.5 Å². The molecule has 3 rings (SSSR count). The summed E-state index contributed by atoms with van der Waals surface area (Å²) in [7, 11) is 0. The first-order chi connectivity index (χ1) is 9.16. The van der Waals surface area contributed by atoms with Crippen LogP contribution < -0.4 is 0 Å². The molecule has 96 valence electrons. The largest absolute Gasteiger partial charge is 0.331 e. The zero-order valence-electron chi connectivity index (χ0n) is 11.0. The number of rotatable bonds is 2. The van der Waals surface area contributed by atoms with Crippen LogP contribution >= 0.6 is 12.2 Å². The van der Waals surface area contributed by atoms with Gasteiger partial charge in [-0.1, -0.05) is 18.2 Å². The van der Waals surface area contributed by atoms with E-state index in [4.69, 9.17) is 12.2 Å². The summed E-state index contributed by atoms with van der Waals surface area (Å²) >= 11 is 5.43. The van der Waals surface area contributed by atoms with Crippen LogP contribution in [-0.4, -0.2) is 14.5 Å². The maximum absolute atomic E-state index is 5.43. The number of imidazole rings is 1. The highest BCUT2D eigenvalue weighted by Crippen LogP contribution is 2.19. The van der Waals surface area contributed by atoms with E-state index in [1.165, 1.54) is 11.1 Å². The molecule has 2 aromatic heterocycles. The Morgan fingerprint density at radius 3 is 2.74 bits per heavy atom. The molecule has 3 nitrogen and oxygen atoms in total. The van der Waals surface area contributed by atoms with Crippen LogP contribution in [0.5, 0.6) is 0 Å². The number of pyridine rings is 1. The van der Waals surface area contributed by atoms with E-state index in [0.29, 0.717) is 6.54 Å². The van der Waals surface area contributed by atoms with Gasteiger partial charge in [0.1, 0.15) is 0 Å². The van der Waals surface area contributed by atoms with E-state index in [1.807, 2.05) is 18.3 Å². The monoisotopic (exact) mass is 269 g/mol. The molecule has 0 aliphatic rings. The number of aryl methyl sites for hydroxylation is 2. The molecule has 1 aromatic carbocycles. The van der Waals surface area contributed by atoms with E-state index < -0.39 is 0 Å². The second kappa shape index (κ2) is 4.63. The maximum atomic E-state index is 5.43. The van der Waals surface area contributed by atoms with Gasteiger partial charge in [-0.15, -0.1) is 0 Å². The number of benzene rings is 1. The minimum atomic E-state index is 0.705. The van der Waals surface area contributed by atoms with Gasteiger partial charge < -0.3 is 9.55 Å². The van der Waals surface area contributed by atoms with Crippen molar-refractivity contribution < 1.29 is 0 Å². The quantitative estimate of drug-likeness (QED) is 0.719. The molecule has 3 aromatic rings. The Bertz CT molecular complexity index is 799. The summed E-state index contributed by atoms with van der Waals surface area (Å²) in [5, 5.41) is 0. The Labute approximate surface area is 116 Å². The van der Waals surface area contributed by atoms with Gasteiger partial charge in [0.25, 0.3) is 0 Å². The van der Waals surface area contributed by atoms with Crippen molar-refractivity contribution in [1.29, 1.82) is 0 Å². The second-order valence-electron chi connectivity index (χ2n) is 4.75. The third-order valence-corrected chi connectivity index (χ3v) is 3.74. The molecule has 0 fully saturated rings. The van der Waals surface area contributed by atoms with Crippen molar-refractivity contribution >= 4 is 23.3 Å². The zero-order chi connectivity index (χ0) is 13.4. The standard InChI is InChI=1S/C15H15N3S/c1-10-6-4-8-16-13(10)9-18-14-11(2)5-3-7-12(14)17-15(18)19/h3-8H,9H2,1-2H3,(H,17,19). The summed E-state index contributed by atoms with van der Waals surface area (Å²) < 4.78 is 2.87. The summed E-state index contributed by atoms with van der Waals surface area (Å²) in [6, 6.07) is 10.2. The van der Waals surface area contributed by atoms with E-state index >= 15 is 0 Å². The number of aromatic nitrogens is 3. The molecule has 0 aliphatic carbocycles. The lowest BCUT2D eigenvalue weighted by atomic mass is 10.2. The molecular weight excluding hydrogens is 254 g/mol. The fourth-order valence-corrected chi connectivity index (χ4v) is 2.65. The zero-order valence-corrected chi connectivity index (χ0v) is 11.8. The molecule has 0 unspecified atom stereocenters. The topological polar surface area (TPSA) is 33.6 Å². The Morgan fingerprint density at radius 1 is 1.16 bits per heavy atom. The summed E-state index contributed by atoms with van der Waals surface area (Å²) in [5.41, 5.74) is 5.71. The number of hydrogen-bond donors (Lipinski definition) is 1. The summed E-state index contributed by atoms with van der Waals surface area (Å²) in [5.74, 6) is 0. The van der Waals surface area contributed by atoms with Crippen LogP contribution in [0.15, 0.2) is 36.5 Å². The molecule has 0 spiro atoms. The highest BCUT2D eigenvalue weighted by Gasteiger charge is 2.08. The lowest BCUT2D eigenvalue weighted by molar-refractivity contribution is 0.776. The van der Waals surface area contributed by atoms with Crippen LogP contribution in [0.2, 0.25) is 0 Å². The third kappa shape index (κ3) is 2.08. The lowest BCUT2D eigenvalue weighted by Crippen LogP contribution is -2.04. The van der Waals surface area contributed by atoms with Crippen molar-refractivity contribution in [2.45, 2.75) is 20.4 Å². The minimum absolute atomic E-state index is 0.705. The van der Waals surface area contributed by atoms with Crippen molar-refractivity contribution in [1.82, 2.24) is 14.5 Å². The van der Waals surface area contributed by atoms with Gasteiger partial charge in [-0.3, -0.25) is 4.98 Å².